The standard InChI is InChI=1S/C21H15BrN4O3/c1-28-17-4-2-3-14(19(17)29-11-12-5-7-13(22)8-6-12)18-15(9-23)20(25)26-21(27)16(18)10-24/h2-8H,11H2,1H3,(H3,25,26,27). The number of nitrogens with zero attached hydrogens (tertiary/aromatic N) is 2. The highest BCUT2D eigenvalue weighted by Crippen LogP contribution is 2.41. The van der Waals surface area contributed by atoms with Crippen LogP contribution in [0.2, 0.25) is 0 Å². The fourth-order valence-corrected chi connectivity index (χ4v) is 3.14. The molecule has 0 saturated carbocycles. The topological polar surface area (TPSA) is 125 Å². The number of methoxy groups -OCH3 is 1. The van der Waals surface area contributed by atoms with E-state index in [2.05, 4.69) is 20.9 Å². The lowest BCUT2D eigenvalue weighted by molar-refractivity contribution is 0.286. The number of aromatic nitrogens is 1. The molecular weight excluding hydrogens is 436 g/mol. The van der Waals surface area contributed by atoms with E-state index in [-0.39, 0.29) is 29.1 Å². The number of ether oxygens (including phenoxy) is 2. The van der Waals surface area contributed by atoms with Gasteiger partial charge in [0.1, 0.15) is 35.7 Å². The Labute approximate surface area is 175 Å². The molecule has 0 amide bonds. The highest BCUT2D eigenvalue weighted by atomic mass is 79.9. The van der Waals surface area contributed by atoms with Crippen molar-refractivity contribution < 1.29 is 9.47 Å². The predicted octanol–water partition coefficient (Wildman–Crippen LogP) is 3.72. The van der Waals surface area contributed by atoms with Gasteiger partial charge in [0.25, 0.3) is 5.56 Å². The molecule has 0 aliphatic carbocycles. The second-order valence-electron chi connectivity index (χ2n) is 5.97. The van der Waals surface area contributed by atoms with Crippen LogP contribution in [0.4, 0.5) is 5.82 Å². The summed E-state index contributed by atoms with van der Waals surface area (Å²) in [5, 5.41) is 19.1. The summed E-state index contributed by atoms with van der Waals surface area (Å²) in [6.07, 6.45) is 0. The van der Waals surface area contributed by atoms with Gasteiger partial charge in [-0.25, -0.2) is 0 Å². The number of pyridine rings is 1. The first kappa shape index (κ1) is 20.0. The van der Waals surface area contributed by atoms with Crippen LogP contribution in [0.1, 0.15) is 16.7 Å². The van der Waals surface area contributed by atoms with Gasteiger partial charge in [0, 0.05) is 15.6 Å². The normalized spacial score (nSPS) is 10.1. The van der Waals surface area contributed by atoms with Crippen LogP contribution in [0.5, 0.6) is 11.5 Å². The number of nitrogens with one attached hydrogen (secondary N) is 1. The summed E-state index contributed by atoms with van der Waals surface area (Å²) in [6.45, 7) is 0.211. The lowest BCUT2D eigenvalue weighted by Crippen LogP contribution is -2.16. The summed E-state index contributed by atoms with van der Waals surface area (Å²) < 4.78 is 12.4. The Morgan fingerprint density at radius 3 is 2.41 bits per heavy atom. The summed E-state index contributed by atoms with van der Waals surface area (Å²) in [5.74, 6) is 0.579. The van der Waals surface area contributed by atoms with Gasteiger partial charge in [-0.15, -0.1) is 0 Å². The molecule has 0 bridgehead atoms. The van der Waals surface area contributed by atoms with Gasteiger partial charge in [-0.05, 0) is 23.8 Å². The molecule has 7 nitrogen and oxygen atoms in total. The largest absolute Gasteiger partial charge is 0.493 e. The van der Waals surface area contributed by atoms with Gasteiger partial charge in [-0.1, -0.05) is 40.2 Å². The minimum Gasteiger partial charge on any atom is -0.493 e. The van der Waals surface area contributed by atoms with E-state index in [0.29, 0.717) is 17.1 Å². The van der Waals surface area contributed by atoms with Crippen LogP contribution in [-0.4, -0.2) is 12.1 Å². The number of hydrogen-bond donors (Lipinski definition) is 2. The van der Waals surface area contributed by atoms with Crippen LogP contribution in [0.15, 0.2) is 51.7 Å². The smallest absolute Gasteiger partial charge is 0.268 e. The molecule has 3 N–H and O–H groups in total. The maximum absolute atomic E-state index is 12.3. The number of aromatic amines is 1. The van der Waals surface area contributed by atoms with Crippen molar-refractivity contribution in [2.45, 2.75) is 6.61 Å². The SMILES string of the molecule is COc1cccc(-c2c(C#N)c(N)[nH]c(=O)c2C#N)c1OCc1ccc(Br)cc1. The van der Waals surface area contributed by atoms with Crippen molar-refractivity contribution in [1.29, 1.82) is 10.5 Å². The summed E-state index contributed by atoms with van der Waals surface area (Å²) in [5.41, 5.74) is 6.29. The van der Waals surface area contributed by atoms with Crippen molar-refractivity contribution in [3.05, 3.63) is 74.0 Å². The molecule has 0 saturated heterocycles. The van der Waals surface area contributed by atoms with E-state index < -0.39 is 5.56 Å². The summed E-state index contributed by atoms with van der Waals surface area (Å²) in [6, 6.07) is 16.4. The number of benzene rings is 2. The van der Waals surface area contributed by atoms with Crippen molar-refractivity contribution in [3.8, 4) is 34.8 Å². The molecule has 1 aromatic heterocycles. The molecule has 0 radical (unpaired) electrons. The van der Waals surface area contributed by atoms with Crippen molar-refractivity contribution in [3.63, 3.8) is 0 Å². The van der Waals surface area contributed by atoms with Crippen molar-refractivity contribution in [2.75, 3.05) is 12.8 Å². The first-order valence-electron chi connectivity index (χ1n) is 8.40. The molecule has 0 aliphatic rings. The minimum absolute atomic E-state index is 0.0112. The first-order chi connectivity index (χ1) is 14.0. The number of nitriles is 2. The highest BCUT2D eigenvalue weighted by Gasteiger charge is 2.23. The van der Waals surface area contributed by atoms with E-state index in [0.717, 1.165) is 10.0 Å². The van der Waals surface area contributed by atoms with Gasteiger partial charge < -0.3 is 20.2 Å². The molecule has 0 aliphatic heterocycles. The number of nitrogen functional groups attached to an aromatic ring is 1. The molecule has 8 heteroatoms. The van der Waals surface area contributed by atoms with Crippen molar-refractivity contribution in [2.24, 2.45) is 0 Å². The maximum Gasteiger partial charge on any atom is 0.268 e. The maximum atomic E-state index is 12.3. The van der Waals surface area contributed by atoms with E-state index in [9.17, 15) is 15.3 Å². The third-order valence-corrected chi connectivity index (χ3v) is 4.76. The Bertz CT molecular complexity index is 1200. The zero-order chi connectivity index (χ0) is 21.0. The number of para-hydroxylation sites is 1. The Balaban J connectivity index is 2.19. The number of H-pyrrole nitrogens is 1. The number of rotatable bonds is 5. The number of anilines is 1. The number of hydrogen-bond acceptors (Lipinski definition) is 6. The van der Waals surface area contributed by atoms with Gasteiger partial charge in [-0.3, -0.25) is 4.79 Å². The van der Waals surface area contributed by atoms with Crippen LogP contribution >= 0.6 is 15.9 Å². The second kappa shape index (κ2) is 8.51. The van der Waals surface area contributed by atoms with Gasteiger partial charge in [0.15, 0.2) is 11.5 Å². The molecule has 3 aromatic rings. The molecular formula is C21H15BrN4O3. The van der Waals surface area contributed by atoms with Crippen LogP contribution in [0, 0.1) is 22.7 Å². The molecule has 2 aromatic carbocycles. The summed E-state index contributed by atoms with van der Waals surface area (Å²) >= 11 is 3.39. The lowest BCUT2D eigenvalue weighted by Gasteiger charge is -2.17. The molecule has 29 heavy (non-hydrogen) atoms. The average molecular weight is 451 g/mol. The molecule has 1 heterocycles. The molecule has 144 valence electrons. The predicted molar refractivity (Wildman–Crippen MR) is 111 cm³/mol. The number of nitrogens with two attached hydrogens (primary N) is 1. The fourth-order valence-electron chi connectivity index (χ4n) is 2.87. The minimum atomic E-state index is -0.680. The average Bonchev–Trinajstić information content (AvgIpc) is 2.72. The Morgan fingerprint density at radius 1 is 1.10 bits per heavy atom. The molecule has 0 unspecified atom stereocenters. The number of halogens is 1. The van der Waals surface area contributed by atoms with Gasteiger partial charge in [0.2, 0.25) is 0 Å². The lowest BCUT2D eigenvalue weighted by atomic mass is 9.95. The van der Waals surface area contributed by atoms with Crippen molar-refractivity contribution in [1.82, 2.24) is 4.98 Å². The quantitative estimate of drug-likeness (QED) is 0.609. The first-order valence-corrected chi connectivity index (χ1v) is 9.20. The second-order valence-corrected chi connectivity index (χ2v) is 6.88. The monoisotopic (exact) mass is 450 g/mol. The van der Waals surface area contributed by atoms with E-state index in [1.54, 1.807) is 18.2 Å². The fraction of sp³-hybridized carbons (Fsp3) is 0.0952. The summed E-state index contributed by atoms with van der Waals surface area (Å²) in [4.78, 5) is 14.6. The Hall–Kier alpha value is -3.75. The zero-order valence-electron chi connectivity index (χ0n) is 15.3. The Kier molecular flexibility index (Phi) is 5.87. The van der Waals surface area contributed by atoms with E-state index in [4.69, 9.17) is 15.2 Å². The van der Waals surface area contributed by atoms with Gasteiger partial charge >= 0.3 is 0 Å². The van der Waals surface area contributed by atoms with E-state index >= 15 is 0 Å². The van der Waals surface area contributed by atoms with Crippen LogP contribution < -0.4 is 20.8 Å². The molecule has 3 rings (SSSR count). The summed E-state index contributed by atoms with van der Waals surface area (Å²) in [7, 11) is 1.48. The van der Waals surface area contributed by atoms with E-state index in [1.807, 2.05) is 36.4 Å². The third kappa shape index (κ3) is 3.93. The Morgan fingerprint density at radius 2 is 1.79 bits per heavy atom. The third-order valence-electron chi connectivity index (χ3n) is 4.23. The molecule has 0 atom stereocenters. The van der Waals surface area contributed by atoms with Gasteiger partial charge in [-0.2, -0.15) is 10.5 Å². The molecule has 0 fully saturated rings. The van der Waals surface area contributed by atoms with Crippen LogP contribution in [0.25, 0.3) is 11.1 Å². The molecule has 0 spiro atoms. The zero-order valence-corrected chi connectivity index (χ0v) is 16.9. The van der Waals surface area contributed by atoms with E-state index in [1.165, 1.54) is 7.11 Å². The van der Waals surface area contributed by atoms with Crippen molar-refractivity contribution >= 4 is 21.7 Å². The van der Waals surface area contributed by atoms with Crippen LogP contribution in [-0.2, 0) is 6.61 Å². The highest BCUT2D eigenvalue weighted by molar-refractivity contribution is 9.10. The van der Waals surface area contributed by atoms with Crippen LogP contribution in [0.3, 0.4) is 0 Å². The van der Waals surface area contributed by atoms with Gasteiger partial charge in [0.05, 0.1) is 7.11 Å².